The lowest BCUT2D eigenvalue weighted by molar-refractivity contribution is 0.143. The van der Waals surface area contributed by atoms with Gasteiger partial charge in [0, 0.05) is 19.3 Å². The van der Waals surface area contributed by atoms with Crippen molar-refractivity contribution in [3.63, 3.8) is 0 Å². The van der Waals surface area contributed by atoms with Crippen molar-refractivity contribution < 1.29 is 4.74 Å². The molecule has 0 spiro atoms. The second-order valence-electron chi connectivity index (χ2n) is 3.54. The van der Waals surface area contributed by atoms with E-state index in [0.29, 0.717) is 6.04 Å². The van der Waals surface area contributed by atoms with Gasteiger partial charge >= 0.3 is 0 Å². The molecule has 0 aromatic heterocycles. The first-order valence-electron chi connectivity index (χ1n) is 4.99. The molecule has 12 heavy (non-hydrogen) atoms. The van der Waals surface area contributed by atoms with Crippen molar-refractivity contribution in [1.29, 1.82) is 0 Å². The summed E-state index contributed by atoms with van der Waals surface area (Å²) < 4.78 is 5.24. The van der Waals surface area contributed by atoms with E-state index in [9.17, 15) is 0 Å². The Bertz CT molecular complexity index is 93.8. The molecule has 74 valence electrons. The SMILES string of the molecule is CCOCCCNC(C)C(C)C. The fraction of sp³-hybridized carbons (Fsp3) is 1.00. The summed E-state index contributed by atoms with van der Waals surface area (Å²) in [5.41, 5.74) is 0. The first-order chi connectivity index (χ1) is 5.68. The third kappa shape index (κ3) is 6.62. The van der Waals surface area contributed by atoms with Crippen LogP contribution in [0.25, 0.3) is 0 Å². The maximum atomic E-state index is 5.24. The highest BCUT2D eigenvalue weighted by molar-refractivity contribution is 4.63. The minimum Gasteiger partial charge on any atom is -0.382 e. The molecule has 0 aliphatic rings. The van der Waals surface area contributed by atoms with Crippen LogP contribution in [0.15, 0.2) is 0 Å². The maximum absolute atomic E-state index is 5.24. The van der Waals surface area contributed by atoms with Crippen LogP contribution >= 0.6 is 0 Å². The molecule has 1 atom stereocenters. The lowest BCUT2D eigenvalue weighted by atomic mass is 10.1. The van der Waals surface area contributed by atoms with Gasteiger partial charge in [-0.15, -0.1) is 0 Å². The quantitative estimate of drug-likeness (QED) is 0.595. The Hall–Kier alpha value is -0.0800. The van der Waals surface area contributed by atoms with Gasteiger partial charge in [-0.05, 0) is 32.7 Å². The van der Waals surface area contributed by atoms with Gasteiger partial charge in [0.2, 0.25) is 0 Å². The van der Waals surface area contributed by atoms with E-state index < -0.39 is 0 Å². The zero-order chi connectivity index (χ0) is 9.40. The lowest BCUT2D eigenvalue weighted by Gasteiger charge is -2.17. The van der Waals surface area contributed by atoms with E-state index in [1.807, 2.05) is 6.92 Å². The Labute approximate surface area is 76.7 Å². The molecule has 0 aromatic rings. The average molecular weight is 173 g/mol. The van der Waals surface area contributed by atoms with Gasteiger partial charge in [-0.3, -0.25) is 0 Å². The second-order valence-corrected chi connectivity index (χ2v) is 3.54. The summed E-state index contributed by atoms with van der Waals surface area (Å²) in [6.07, 6.45) is 1.12. The van der Waals surface area contributed by atoms with Gasteiger partial charge in [0.05, 0.1) is 0 Å². The molecule has 0 aromatic carbocycles. The zero-order valence-electron chi connectivity index (χ0n) is 8.89. The third-order valence-corrected chi connectivity index (χ3v) is 2.14. The van der Waals surface area contributed by atoms with Crippen molar-refractivity contribution in [3.05, 3.63) is 0 Å². The van der Waals surface area contributed by atoms with Gasteiger partial charge in [-0.25, -0.2) is 0 Å². The van der Waals surface area contributed by atoms with Crippen LogP contribution in [-0.2, 0) is 4.74 Å². The maximum Gasteiger partial charge on any atom is 0.0477 e. The van der Waals surface area contributed by atoms with E-state index in [1.54, 1.807) is 0 Å². The summed E-state index contributed by atoms with van der Waals surface area (Å²) in [5.74, 6) is 0.720. The van der Waals surface area contributed by atoms with Crippen molar-refractivity contribution in [1.82, 2.24) is 5.32 Å². The topological polar surface area (TPSA) is 21.3 Å². The summed E-state index contributed by atoms with van der Waals surface area (Å²) in [6, 6.07) is 0.617. The molecular formula is C10H23NO. The molecule has 0 saturated heterocycles. The van der Waals surface area contributed by atoms with Crippen LogP contribution in [0.1, 0.15) is 34.1 Å². The smallest absolute Gasteiger partial charge is 0.0477 e. The highest BCUT2D eigenvalue weighted by atomic mass is 16.5. The predicted octanol–water partition coefficient (Wildman–Crippen LogP) is 2.05. The first-order valence-corrected chi connectivity index (χ1v) is 4.99. The van der Waals surface area contributed by atoms with Gasteiger partial charge in [0.1, 0.15) is 0 Å². The Morgan fingerprint density at radius 1 is 1.25 bits per heavy atom. The van der Waals surface area contributed by atoms with Crippen LogP contribution in [0.3, 0.4) is 0 Å². The monoisotopic (exact) mass is 173 g/mol. The van der Waals surface area contributed by atoms with Crippen LogP contribution in [0.2, 0.25) is 0 Å². The molecule has 0 saturated carbocycles. The van der Waals surface area contributed by atoms with Crippen molar-refractivity contribution in [3.8, 4) is 0 Å². The average Bonchev–Trinajstić information content (AvgIpc) is 2.03. The van der Waals surface area contributed by atoms with E-state index in [4.69, 9.17) is 4.74 Å². The molecule has 0 aliphatic heterocycles. The summed E-state index contributed by atoms with van der Waals surface area (Å²) in [7, 11) is 0. The molecule has 0 bridgehead atoms. The van der Waals surface area contributed by atoms with Gasteiger partial charge in [0.15, 0.2) is 0 Å². The molecule has 1 unspecified atom stereocenters. The normalized spacial score (nSPS) is 13.8. The van der Waals surface area contributed by atoms with Crippen molar-refractivity contribution in [2.75, 3.05) is 19.8 Å². The van der Waals surface area contributed by atoms with Crippen molar-refractivity contribution in [2.45, 2.75) is 40.2 Å². The molecule has 0 fully saturated rings. The second kappa shape index (κ2) is 7.56. The molecule has 0 heterocycles. The molecule has 0 amide bonds. The van der Waals surface area contributed by atoms with E-state index in [1.165, 1.54) is 0 Å². The van der Waals surface area contributed by atoms with Crippen molar-refractivity contribution >= 4 is 0 Å². The van der Waals surface area contributed by atoms with Crippen LogP contribution in [0, 0.1) is 5.92 Å². The Morgan fingerprint density at radius 3 is 2.42 bits per heavy atom. The molecule has 2 heteroatoms. The summed E-state index contributed by atoms with van der Waals surface area (Å²) >= 11 is 0. The number of nitrogens with one attached hydrogen (secondary N) is 1. The minimum absolute atomic E-state index is 0.617. The van der Waals surface area contributed by atoms with Crippen LogP contribution in [-0.4, -0.2) is 25.8 Å². The first kappa shape index (κ1) is 11.9. The van der Waals surface area contributed by atoms with Gasteiger partial charge in [-0.1, -0.05) is 13.8 Å². The minimum atomic E-state index is 0.617. The number of rotatable bonds is 7. The molecule has 1 N–H and O–H groups in total. The highest BCUT2D eigenvalue weighted by Gasteiger charge is 2.04. The van der Waals surface area contributed by atoms with Crippen LogP contribution < -0.4 is 5.32 Å². The number of hydrogen-bond donors (Lipinski definition) is 1. The predicted molar refractivity (Wildman–Crippen MR) is 53.4 cm³/mol. The largest absolute Gasteiger partial charge is 0.382 e. The van der Waals surface area contributed by atoms with Gasteiger partial charge in [0.25, 0.3) is 0 Å². The standard InChI is InChI=1S/C10H23NO/c1-5-12-8-6-7-11-10(4)9(2)3/h9-11H,5-8H2,1-4H3. The Morgan fingerprint density at radius 2 is 1.92 bits per heavy atom. The molecule has 0 aliphatic carbocycles. The summed E-state index contributed by atoms with van der Waals surface area (Å²) in [5, 5.41) is 3.46. The van der Waals surface area contributed by atoms with E-state index in [0.717, 1.165) is 32.1 Å². The highest BCUT2D eigenvalue weighted by Crippen LogP contribution is 1.99. The van der Waals surface area contributed by atoms with Crippen LogP contribution in [0.5, 0.6) is 0 Å². The molecular weight excluding hydrogens is 150 g/mol. The summed E-state index contributed by atoms with van der Waals surface area (Å²) in [6.45, 7) is 11.5. The van der Waals surface area contributed by atoms with Crippen molar-refractivity contribution in [2.24, 2.45) is 5.92 Å². The fourth-order valence-corrected chi connectivity index (χ4v) is 0.884. The van der Waals surface area contributed by atoms with E-state index in [-0.39, 0.29) is 0 Å². The molecule has 2 nitrogen and oxygen atoms in total. The van der Waals surface area contributed by atoms with Crippen LogP contribution in [0.4, 0.5) is 0 Å². The number of ether oxygens (including phenoxy) is 1. The van der Waals surface area contributed by atoms with E-state index in [2.05, 4.69) is 26.1 Å². The van der Waals surface area contributed by atoms with E-state index >= 15 is 0 Å². The Kier molecular flexibility index (Phi) is 7.51. The number of hydrogen-bond acceptors (Lipinski definition) is 2. The van der Waals surface area contributed by atoms with Gasteiger partial charge in [-0.2, -0.15) is 0 Å². The molecule has 0 radical (unpaired) electrons. The summed E-state index contributed by atoms with van der Waals surface area (Å²) in [4.78, 5) is 0. The third-order valence-electron chi connectivity index (χ3n) is 2.14. The molecule has 0 rings (SSSR count). The zero-order valence-corrected chi connectivity index (χ0v) is 8.89. The van der Waals surface area contributed by atoms with Gasteiger partial charge < -0.3 is 10.1 Å². The fourth-order valence-electron chi connectivity index (χ4n) is 0.884. The Balaban J connectivity index is 3.08. The lowest BCUT2D eigenvalue weighted by Crippen LogP contribution is -2.31.